The van der Waals surface area contributed by atoms with Gasteiger partial charge in [-0.15, -0.1) is 12.4 Å². The van der Waals surface area contributed by atoms with Crippen LogP contribution < -0.4 is 5.32 Å². The number of halogens is 1. The van der Waals surface area contributed by atoms with Crippen molar-refractivity contribution in [2.75, 3.05) is 0 Å². The molecular formula is C15H26ClN5. The largest absolute Gasteiger partial charge is 0.306 e. The average molecular weight is 312 g/mol. The van der Waals surface area contributed by atoms with E-state index in [1.807, 2.05) is 22.6 Å². The van der Waals surface area contributed by atoms with Crippen LogP contribution in [-0.2, 0) is 26.7 Å². The SMILES string of the molecule is CCn1ncc(C)c1CNCc1cc(C(C)C)nn1C.Cl. The summed E-state index contributed by atoms with van der Waals surface area (Å²) < 4.78 is 4.01. The summed E-state index contributed by atoms with van der Waals surface area (Å²) in [6, 6.07) is 2.18. The van der Waals surface area contributed by atoms with Gasteiger partial charge in [-0.05, 0) is 31.4 Å². The van der Waals surface area contributed by atoms with E-state index in [2.05, 4.69) is 49.3 Å². The summed E-state index contributed by atoms with van der Waals surface area (Å²) in [6.07, 6.45) is 1.93. The molecule has 2 aromatic heterocycles. The lowest BCUT2D eigenvalue weighted by molar-refractivity contribution is 0.565. The highest BCUT2D eigenvalue weighted by atomic mass is 35.5. The molecule has 21 heavy (non-hydrogen) atoms. The molecule has 0 aromatic carbocycles. The minimum Gasteiger partial charge on any atom is -0.306 e. The Balaban J connectivity index is 0.00000220. The Labute approximate surface area is 133 Å². The minimum absolute atomic E-state index is 0. The summed E-state index contributed by atoms with van der Waals surface area (Å²) >= 11 is 0. The van der Waals surface area contributed by atoms with Gasteiger partial charge in [-0.2, -0.15) is 10.2 Å². The van der Waals surface area contributed by atoms with Gasteiger partial charge in [0.15, 0.2) is 0 Å². The molecule has 0 saturated heterocycles. The first kappa shape index (κ1) is 17.7. The molecule has 0 radical (unpaired) electrons. The number of hydrogen-bond acceptors (Lipinski definition) is 3. The van der Waals surface area contributed by atoms with Gasteiger partial charge in [0.2, 0.25) is 0 Å². The predicted molar refractivity (Wildman–Crippen MR) is 87.7 cm³/mol. The van der Waals surface area contributed by atoms with Crippen LogP contribution in [0.1, 0.15) is 49.3 Å². The first-order chi connectivity index (χ1) is 9.52. The Kier molecular flexibility index (Phi) is 6.42. The van der Waals surface area contributed by atoms with Crippen LogP contribution in [0.15, 0.2) is 12.3 Å². The lowest BCUT2D eigenvalue weighted by Gasteiger charge is -2.08. The standard InChI is InChI=1S/C15H25N5.ClH/c1-6-20-15(12(4)8-17-20)10-16-9-13-7-14(11(2)3)18-19(13)5;/h7-8,11,16H,6,9-10H2,1-5H3;1H. The maximum atomic E-state index is 4.54. The molecule has 0 saturated carbocycles. The summed E-state index contributed by atoms with van der Waals surface area (Å²) in [5.74, 6) is 0.471. The summed E-state index contributed by atoms with van der Waals surface area (Å²) in [4.78, 5) is 0. The van der Waals surface area contributed by atoms with Crippen molar-refractivity contribution in [3.63, 3.8) is 0 Å². The van der Waals surface area contributed by atoms with Crippen LogP contribution in [0.4, 0.5) is 0 Å². The zero-order chi connectivity index (χ0) is 14.7. The topological polar surface area (TPSA) is 47.7 Å². The maximum Gasteiger partial charge on any atom is 0.0653 e. The molecule has 0 amide bonds. The molecule has 0 fully saturated rings. The Morgan fingerprint density at radius 2 is 2.00 bits per heavy atom. The number of nitrogens with one attached hydrogen (secondary N) is 1. The fourth-order valence-corrected chi connectivity index (χ4v) is 2.29. The van der Waals surface area contributed by atoms with Crippen LogP contribution >= 0.6 is 12.4 Å². The highest BCUT2D eigenvalue weighted by molar-refractivity contribution is 5.85. The van der Waals surface area contributed by atoms with Crippen LogP contribution in [0.3, 0.4) is 0 Å². The molecule has 0 unspecified atom stereocenters. The van der Waals surface area contributed by atoms with E-state index in [-0.39, 0.29) is 12.4 Å². The normalized spacial score (nSPS) is 11.0. The molecule has 0 spiro atoms. The molecule has 118 valence electrons. The Morgan fingerprint density at radius 3 is 2.57 bits per heavy atom. The van der Waals surface area contributed by atoms with Crippen molar-refractivity contribution in [1.82, 2.24) is 24.9 Å². The van der Waals surface area contributed by atoms with Crippen LogP contribution in [-0.4, -0.2) is 19.6 Å². The molecule has 2 heterocycles. The van der Waals surface area contributed by atoms with Gasteiger partial charge in [0.25, 0.3) is 0 Å². The zero-order valence-electron chi connectivity index (χ0n) is 13.6. The molecule has 5 nitrogen and oxygen atoms in total. The van der Waals surface area contributed by atoms with E-state index < -0.39 is 0 Å². The quantitative estimate of drug-likeness (QED) is 0.892. The van der Waals surface area contributed by atoms with Crippen LogP contribution in [0, 0.1) is 6.92 Å². The Bertz CT molecular complexity index is 571. The summed E-state index contributed by atoms with van der Waals surface area (Å²) in [7, 11) is 2.00. The Morgan fingerprint density at radius 1 is 1.29 bits per heavy atom. The Hall–Kier alpha value is -1.33. The van der Waals surface area contributed by atoms with Crippen LogP contribution in [0.5, 0.6) is 0 Å². The van der Waals surface area contributed by atoms with Crippen LogP contribution in [0.25, 0.3) is 0 Å². The number of hydrogen-bond donors (Lipinski definition) is 1. The third-order valence-electron chi connectivity index (χ3n) is 3.64. The fourth-order valence-electron chi connectivity index (χ4n) is 2.29. The molecule has 1 N–H and O–H groups in total. The summed E-state index contributed by atoms with van der Waals surface area (Å²) in [6.45, 7) is 11.1. The van der Waals surface area contributed by atoms with E-state index in [0.29, 0.717) is 5.92 Å². The van der Waals surface area contributed by atoms with Crippen molar-refractivity contribution in [2.24, 2.45) is 7.05 Å². The van der Waals surface area contributed by atoms with Crippen molar-refractivity contribution < 1.29 is 0 Å². The predicted octanol–water partition coefficient (Wildman–Crippen LogP) is 2.78. The third kappa shape index (κ3) is 4.08. The molecule has 0 aliphatic rings. The first-order valence-electron chi connectivity index (χ1n) is 7.27. The van der Waals surface area contributed by atoms with Gasteiger partial charge < -0.3 is 5.32 Å². The molecular weight excluding hydrogens is 286 g/mol. The highest BCUT2D eigenvalue weighted by Crippen LogP contribution is 2.14. The van der Waals surface area contributed by atoms with Gasteiger partial charge in [0.1, 0.15) is 0 Å². The van der Waals surface area contributed by atoms with Gasteiger partial charge in [0, 0.05) is 26.7 Å². The van der Waals surface area contributed by atoms with E-state index in [4.69, 9.17) is 0 Å². The van der Waals surface area contributed by atoms with Gasteiger partial charge >= 0.3 is 0 Å². The molecule has 0 bridgehead atoms. The van der Waals surface area contributed by atoms with E-state index in [9.17, 15) is 0 Å². The van der Waals surface area contributed by atoms with Crippen molar-refractivity contribution in [1.29, 1.82) is 0 Å². The van der Waals surface area contributed by atoms with E-state index in [1.54, 1.807) is 0 Å². The lowest BCUT2D eigenvalue weighted by atomic mass is 10.1. The van der Waals surface area contributed by atoms with Gasteiger partial charge in [-0.1, -0.05) is 13.8 Å². The van der Waals surface area contributed by atoms with Crippen molar-refractivity contribution in [3.05, 3.63) is 34.9 Å². The summed E-state index contributed by atoms with van der Waals surface area (Å²) in [5, 5.41) is 12.4. The van der Waals surface area contributed by atoms with Gasteiger partial charge in [-0.3, -0.25) is 9.36 Å². The molecule has 2 aromatic rings. The molecule has 0 aliphatic carbocycles. The van der Waals surface area contributed by atoms with Crippen molar-refractivity contribution in [2.45, 2.75) is 53.2 Å². The molecule has 0 aliphatic heterocycles. The van der Waals surface area contributed by atoms with E-state index in [1.165, 1.54) is 17.0 Å². The van der Waals surface area contributed by atoms with Gasteiger partial charge in [0.05, 0.1) is 23.3 Å². The fraction of sp³-hybridized carbons (Fsp3) is 0.600. The van der Waals surface area contributed by atoms with E-state index in [0.717, 1.165) is 25.3 Å². The number of aryl methyl sites for hydroxylation is 3. The highest BCUT2D eigenvalue weighted by Gasteiger charge is 2.09. The second kappa shape index (κ2) is 7.61. The molecule has 6 heteroatoms. The minimum atomic E-state index is 0. The van der Waals surface area contributed by atoms with Gasteiger partial charge in [-0.25, -0.2) is 0 Å². The smallest absolute Gasteiger partial charge is 0.0653 e. The monoisotopic (exact) mass is 311 g/mol. The second-order valence-corrected chi connectivity index (χ2v) is 5.53. The van der Waals surface area contributed by atoms with Crippen molar-refractivity contribution >= 4 is 12.4 Å². The lowest BCUT2D eigenvalue weighted by Crippen LogP contribution is -2.18. The average Bonchev–Trinajstić information content (AvgIpc) is 2.94. The summed E-state index contributed by atoms with van der Waals surface area (Å²) in [5.41, 5.74) is 4.87. The third-order valence-corrected chi connectivity index (χ3v) is 3.64. The maximum absolute atomic E-state index is 4.54. The number of nitrogens with zero attached hydrogens (tertiary/aromatic N) is 4. The zero-order valence-corrected chi connectivity index (χ0v) is 14.4. The second-order valence-electron chi connectivity index (χ2n) is 5.53. The number of rotatable bonds is 6. The first-order valence-corrected chi connectivity index (χ1v) is 7.27. The number of aromatic nitrogens is 4. The van der Waals surface area contributed by atoms with Crippen molar-refractivity contribution in [3.8, 4) is 0 Å². The van der Waals surface area contributed by atoms with E-state index >= 15 is 0 Å². The molecule has 2 rings (SSSR count). The van der Waals surface area contributed by atoms with Crippen LogP contribution in [0.2, 0.25) is 0 Å². The molecule has 0 atom stereocenters.